The summed E-state index contributed by atoms with van der Waals surface area (Å²) >= 11 is 1.58. The Kier molecular flexibility index (Phi) is 3.67. The summed E-state index contributed by atoms with van der Waals surface area (Å²) in [4.78, 5) is 12.2. The molecule has 0 saturated heterocycles. The third-order valence-electron chi connectivity index (χ3n) is 2.53. The molecule has 2 nitrogen and oxygen atoms in total. The summed E-state index contributed by atoms with van der Waals surface area (Å²) in [6.07, 6.45) is 3.67. The molecule has 2 rings (SSSR count). The maximum Gasteiger partial charge on any atom is 0.193 e. The van der Waals surface area contributed by atoms with Crippen LogP contribution in [0, 0.1) is 0 Å². The molecule has 0 spiro atoms. The number of benzene rings is 1. The fraction of sp³-hybridized carbons (Fsp3) is 0.308. The van der Waals surface area contributed by atoms with E-state index in [1.54, 1.807) is 11.8 Å². The highest BCUT2D eigenvalue weighted by atomic mass is 32.2. The molecule has 84 valence electrons. The van der Waals surface area contributed by atoms with E-state index in [1.165, 1.54) is 0 Å². The summed E-state index contributed by atoms with van der Waals surface area (Å²) in [6, 6.07) is 7.45. The van der Waals surface area contributed by atoms with Gasteiger partial charge in [0, 0.05) is 5.57 Å². The smallest absolute Gasteiger partial charge is 0.193 e. The second kappa shape index (κ2) is 5.21. The predicted molar refractivity (Wildman–Crippen MR) is 67.1 cm³/mol. The number of ketones is 1. The van der Waals surface area contributed by atoms with Crippen LogP contribution in [0.5, 0.6) is 5.75 Å². The van der Waals surface area contributed by atoms with E-state index in [1.807, 2.05) is 35.9 Å². The second-order valence-electron chi connectivity index (χ2n) is 3.66. The zero-order chi connectivity index (χ0) is 11.4. The van der Waals surface area contributed by atoms with Crippen LogP contribution in [0.3, 0.4) is 0 Å². The Morgan fingerprint density at radius 3 is 3.00 bits per heavy atom. The Bertz CT molecular complexity index is 424. The molecule has 0 aromatic heterocycles. The van der Waals surface area contributed by atoms with Gasteiger partial charge >= 0.3 is 0 Å². The van der Waals surface area contributed by atoms with Crippen molar-refractivity contribution in [2.24, 2.45) is 0 Å². The van der Waals surface area contributed by atoms with Gasteiger partial charge in [0.05, 0.1) is 12.2 Å². The first-order valence-corrected chi connectivity index (χ1v) is 6.60. The van der Waals surface area contributed by atoms with Crippen molar-refractivity contribution in [2.75, 3.05) is 12.9 Å². The number of allylic oxidation sites excluding steroid dienone is 1. The quantitative estimate of drug-likeness (QED) is 0.697. The van der Waals surface area contributed by atoms with Gasteiger partial charge in [0.2, 0.25) is 0 Å². The highest BCUT2D eigenvalue weighted by molar-refractivity contribution is 8.01. The van der Waals surface area contributed by atoms with Crippen LogP contribution in [-0.2, 0) is 0 Å². The number of hydrogen-bond donors (Lipinski definition) is 0. The predicted octanol–water partition coefficient (Wildman–Crippen LogP) is 3.29. The van der Waals surface area contributed by atoms with E-state index < -0.39 is 0 Å². The molecule has 0 bridgehead atoms. The zero-order valence-corrected chi connectivity index (χ0v) is 10.0. The standard InChI is InChI=1S/C13H14O2S/c1-16-9-10-5-4-8-15-12-7-3-2-6-11(12)13(10)14/h2-3,6-7,9H,4-5,8H2,1H3/b10-9+. The minimum Gasteiger partial charge on any atom is -0.493 e. The van der Waals surface area contributed by atoms with Crippen LogP contribution in [0.25, 0.3) is 0 Å². The highest BCUT2D eigenvalue weighted by Gasteiger charge is 2.18. The number of rotatable bonds is 1. The summed E-state index contributed by atoms with van der Waals surface area (Å²) < 4.78 is 5.57. The van der Waals surface area contributed by atoms with Crippen LogP contribution >= 0.6 is 11.8 Å². The number of carbonyl (C=O) groups is 1. The lowest BCUT2D eigenvalue weighted by Gasteiger charge is -2.15. The van der Waals surface area contributed by atoms with Crippen molar-refractivity contribution >= 4 is 17.5 Å². The van der Waals surface area contributed by atoms with Crippen molar-refractivity contribution in [1.82, 2.24) is 0 Å². The van der Waals surface area contributed by atoms with Gasteiger partial charge in [-0.25, -0.2) is 0 Å². The van der Waals surface area contributed by atoms with E-state index in [4.69, 9.17) is 4.74 Å². The van der Waals surface area contributed by atoms with Gasteiger partial charge in [-0.3, -0.25) is 4.79 Å². The van der Waals surface area contributed by atoms with E-state index in [2.05, 4.69) is 0 Å². The Hall–Kier alpha value is -1.22. The maximum atomic E-state index is 12.2. The molecule has 0 atom stereocenters. The average Bonchev–Trinajstić information content (AvgIpc) is 2.31. The van der Waals surface area contributed by atoms with Gasteiger partial charge < -0.3 is 4.74 Å². The zero-order valence-electron chi connectivity index (χ0n) is 9.23. The lowest BCUT2D eigenvalue weighted by Crippen LogP contribution is -2.12. The molecule has 1 aromatic rings. The molecule has 0 radical (unpaired) electrons. The van der Waals surface area contributed by atoms with Crippen molar-refractivity contribution in [1.29, 1.82) is 0 Å². The summed E-state index contributed by atoms with van der Waals surface area (Å²) in [5.41, 5.74) is 1.57. The van der Waals surface area contributed by atoms with Crippen LogP contribution in [0.1, 0.15) is 23.2 Å². The first-order valence-electron chi connectivity index (χ1n) is 5.31. The lowest BCUT2D eigenvalue weighted by molar-refractivity contribution is 0.102. The van der Waals surface area contributed by atoms with Crippen LogP contribution in [0.2, 0.25) is 0 Å². The number of hydrogen-bond acceptors (Lipinski definition) is 3. The van der Waals surface area contributed by atoms with Crippen LogP contribution < -0.4 is 4.74 Å². The Morgan fingerprint density at radius 1 is 1.38 bits per heavy atom. The topological polar surface area (TPSA) is 26.3 Å². The molecule has 3 heteroatoms. The van der Waals surface area contributed by atoms with E-state index in [0.29, 0.717) is 17.9 Å². The molecule has 1 aliphatic heterocycles. The number of para-hydroxylation sites is 1. The fourth-order valence-electron chi connectivity index (χ4n) is 1.77. The average molecular weight is 234 g/mol. The molecule has 0 saturated carbocycles. The summed E-state index contributed by atoms with van der Waals surface area (Å²) in [6.45, 7) is 0.677. The van der Waals surface area contributed by atoms with Gasteiger partial charge in [-0.1, -0.05) is 12.1 Å². The Balaban J connectivity index is 2.41. The van der Waals surface area contributed by atoms with Gasteiger partial charge in [0.25, 0.3) is 0 Å². The SMILES string of the molecule is CS/C=C1\CCCOc2ccccc2C1=O. The molecular weight excluding hydrogens is 220 g/mol. The van der Waals surface area contributed by atoms with E-state index in [-0.39, 0.29) is 5.78 Å². The Morgan fingerprint density at radius 2 is 2.19 bits per heavy atom. The Labute approximate surface area is 99.7 Å². The third kappa shape index (κ3) is 2.30. The minimum atomic E-state index is 0.102. The van der Waals surface area contributed by atoms with Gasteiger partial charge in [-0.05, 0) is 36.6 Å². The lowest BCUT2D eigenvalue weighted by atomic mass is 9.99. The molecule has 0 N–H and O–H groups in total. The number of Topliss-reactive ketones (excluding diaryl/α,β-unsaturated/α-hetero) is 1. The molecule has 1 aliphatic rings. The minimum absolute atomic E-state index is 0.102. The van der Waals surface area contributed by atoms with Crippen molar-refractivity contribution in [3.05, 3.63) is 40.8 Å². The second-order valence-corrected chi connectivity index (χ2v) is 4.36. The van der Waals surface area contributed by atoms with E-state index in [9.17, 15) is 4.79 Å². The maximum absolute atomic E-state index is 12.2. The summed E-state index contributed by atoms with van der Waals surface area (Å²) in [5, 5.41) is 1.95. The van der Waals surface area contributed by atoms with Crippen molar-refractivity contribution < 1.29 is 9.53 Å². The number of carbonyl (C=O) groups excluding carboxylic acids is 1. The molecule has 0 fully saturated rings. The summed E-state index contributed by atoms with van der Waals surface area (Å²) in [5.74, 6) is 0.809. The van der Waals surface area contributed by atoms with Crippen molar-refractivity contribution in [3.8, 4) is 5.75 Å². The fourth-order valence-corrected chi connectivity index (χ4v) is 2.28. The summed E-state index contributed by atoms with van der Waals surface area (Å²) in [7, 11) is 0. The van der Waals surface area contributed by atoms with Crippen molar-refractivity contribution in [3.63, 3.8) is 0 Å². The van der Waals surface area contributed by atoms with Crippen LogP contribution in [-0.4, -0.2) is 18.6 Å². The largest absolute Gasteiger partial charge is 0.493 e. The number of ether oxygens (including phenoxy) is 1. The van der Waals surface area contributed by atoms with E-state index in [0.717, 1.165) is 18.4 Å². The van der Waals surface area contributed by atoms with Crippen LogP contribution in [0.15, 0.2) is 35.2 Å². The third-order valence-corrected chi connectivity index (χ3v) is 3.05. The molecule has 0 aliphatic carbocycles. The normalized spacial score (nSPS) is 18.6. The van der Waals surface area contributed by atoms with Crippen LogP contribution in [0.4, 0.5) is 0 Å². The highest BCUT2D eigenvalue weighted by Crippen LogP contribution is 2.26. The van der Waals surface area contributed by atoms with Crippen molar-refractivity contribution in [2.45, 2.75) is 12.8 Å². The molecular formula is C13H14O2S. The molecule has 16 heavy (non-hydrogen) atoms. The van der Waals surface area contributed by atoms with Gasteiger partial charge in [-0.15, -0.1) is 11.8 Å². The molecule has 0 amide bonds. The van der Waals surface area contributed by atoms with Gasteiger partial charge in [0.1, 0.15) is 5.75 Å². The number of fused-ring (bicyclic) bond motifs is 1. The molecule has 0 unspecified atom stereocenters. The first-order chi connectivity index (χ1) is 7.83. The number of thioether (sulfide) groups is 1. The van der Waals surface area contributed by atoms with Gasteiger partial charge in [0.15, 0.2) is 5.78 Å². The van der Waals surface area contributed by atoms with Gasteiger partial charge in [-0.2, -0.15) is 0 Å². The molecule has 1 aromatic carbocycles. The monoisotopic (exact) mass is 234 g/mol. The molecule has 1 heterocycles. The van der Waals surface area contributed by atoms with E-state index >= 15 is 0 Å². The first kappa shape index (κ1) is 11.3.